The van der Waals surface area contributed by atoms with Gasteiger partial charge < -0.3 is 4.74 Å². The van der Waals surface area contributed by atoms with E-state index in [0.717, 1.165) is 19.4 Å². The zero-order chi connectivity index (χ0) is 19.0. The minimum atomic E-state index is -0.554. The smallest absolute Gasteiger partial charge is 0.265 e. The number of carbonyl (C=O) groups is 2. The molecule has 0 N–H and O–H groups in total. The zero-order valence-corrected chi connectivity index (χ0v) is 16.5. The molecule has 4 rings (SSSR count). The summed E-state index contributed by atoms with van der Waals surface area (Å²) in [5, 5.41) is 5.77. The fourth-order valence-electron chi connectivity index (χ4n) is 3.34. The van der Waals surface area contributed by atoms with Gasteiger partial charge in [-0.3, -0.25) is 14.5 Å². The molecule has 0 spiro atoms. The molecule has 2 atom stereocenters. The van der Waals surface area contributed by atoms with Gasteiger partial charge in [-0.05, 0) is 38.0 Å². The highest BCUT2D eigenvalue weighted by Gasteiger charge is 2.38. The Hall–Kier alpha value is -2.03. The van der Waals surface area contributed by atoms with E-state index in [9.17, 15) is 9.59 Å². The molecule has 1 aromatic carbocycles. The SMILES string of the molecule is CC1=NN(c2ccccc2)C(=O)[C@@H]1/C=C1\SC(=S)N(C[C@H]2CCCO2)C1=O. The summed E-state index contributed by atoms with van der Waals surface area (Å²) in [6.45, 7) is 3.01. The van der Waals surface area contributed by atoms with Crippen LogP contribution in [-0.2, 0) is 14.3 Å². The van der Waals surface area contributed by atoms with Gasteiger partial charge >= 0.3 is 0 Å². The molecule has 0 radical (unpaired) electrons. The van der Waals surface area contributed by atoms with E-state index in [-0.39, 0.29) is 17.9 Å². The topological polar surface area (TPSA) is 62.2 Å². The molecule has 3 aliphatic heterocycles. The van der Waals surface area contributed by atoms with Crippen molar-refractivity contribution in [2.45, 2.75) is 25.9 Å². The second-order valence-electron chi connectivity index (χ2n) is 6.65. The third-order valence-electron chi connectivity index (χ3n) is 4.79. The number of carbonyl (C=O) groups excluding carboxylic acids is 2. The molecular weight excluding hydrogens is 382 g/mol. The van der Waals surface area contributed by atoms with Crippen molar-refractivity contribution in [1.82, 2.24) is 4.90 Å². The van der Waals surface area contributed by atoms with E-state index in [1.807, 2.05) is 30.3 Å². The molecule has 1 aromatic rings. The Balaban J connectivity index is 1.51. The van der Waals surface area contributed by atoms with Gasteiger partial charge in [0.15, 0.2) is 0 Å². The molecule has 140 valence electrons. The van der Waals surface area contributed by atoms with Gasteiger partial charge in [0.1, 0.15) is 4.32 Å². The quantitative estimate of drug-likeness (QED) is 0.573. The molecule has 0 unspecified atom stereocenters. The Bertz CT molecular complexity index is 847. The number of amides is 2. The van der Waals surface area contributed by atoms with Crippen molar-refractivity contribution in [1.29, 1.82) is 0 Å². The lowest BCUT2D eigenvalue weighted by molar-refractivity contribution is -0.123. The van der Waals surface area contributed by atoms with Crippen LogP contribution in [0.3, 0.4) is 0 Å². The van der Waals surface area contributed by atoms with Crippen LogP contribution in [0.4, 0.5) is 5.69 Å². The average Bonchev–Trinajstić information content (AvgIpc) is 3.35. The second kappa shape index (κ2) is 7.53. The number of hydrogen-bond donors (Lipinski definition) is 0. The lowest BCUT2D eigenvalue weighted by Gasteiger charge is -2.18. The fraction of sp³-hybridized carbons (Fsp3) is 0.368. The normalized spacial score (nSPS) is 27.2. The van der Waals surface area contributed by atoms with E-state index in [0.29, 0.717) is 27.2 Å². The van der Waals surface area contributed by atoms with E-state index in [1.165, 1.54) is 16.8 Å². The zero-order valence-electron chi connectivity index (χ0n) is 14.8. The van der Waals surface area contributed by atoms with E-state index < -0.39 is 5.92 Å². The molecule has 2 amide bonds. The van der Waals surface area contributed by atoms with Gasteiger partial charge in [-0.25, -0.2) is 0 Å². The van der Waals surface area contributed by atoms with Crippen molar-refractivity contribution < 1.29 is 14.3 Å². The van der Waals surface area contributed by atoms with E-state index in [4.69, 9.17) is 17.0 Å². The number of thioether (sulfide) groups is 1. The molecule has 3 heterocycles. The predicted octanol–water partition coefficient (Wildman–Crippen LogP) is 2.95. The van der Waals surface area contributed by atoms with E-state index in [2.05, 4.69) is 5.10 Å². The third kappa shape index (κ3) is 3.56. The van der Waals surface area contributed by atoms with Gasteiger partial charge in [0, 0.05) is 6.61 Å². The van der Waals surface area contributed by atoms with Crippen molar-refractivity contribution in [3.05, 3.63) is 41.3 Å². The monoisotopic (exact) mass is 401 g/mol. The first-order valence-corrected chi connectivity index (χ1v) is 10.1. The third-order valence-corrected chi connectivity index (χ3v) is 6.18. The minimum absolute atomic E-state index is 0.0387. The van der Waals surface area contributed by atoms with Gasteiger partial charge in [-0.1, -0.05) is 42.2 Å². The van der Waals surface area contributed by atoms with Crippen LogP contribution in [0.15, 0.2) is 46.4 Å². The Morgan fingerprint density at radius 3 is 2.81 bits per heavy atom. The number of hydrogen-bond acceptors (Lipinski definition) is 6. The summed E-state index contributed by atoms with van der Waals surface area (Å²) in [5.74, 6) is -0.871. The van der Waals surface area contributed by atoms with Crippen LogP contribution in [-0.4, -0.2) is 46.0 Å². The lowest BCUT2D eigenvalue weighted by Crippen LogP contribution is -2.35. The van der Waals surface area contributed by atoms with Gasteiger partial charge in [0.25, 0.3) is 11.8 Å². The average molecular weight is 402 g/mol. The highest BCUT2D eigenvalue weighted by molar-refractivity contribution is 8.26. The molecule has 0 aliphatic carbocycles. The Morgan fingerprint density at radius 2 is 2.11 bits per heavy atom. The summed E-state index contributed by atoms with van der Waals surface area (Å²) >= 11 is 6.62. The standard InChI is InChI=1S/C19H19N3O3S2/c1-12-15(17(23)22(20-12)13-6-3-2-4-7-13)10-16-18(24)21(19(26)27-16)11-14-8-5-9-25-14/h2-4,6-7,10,14-15H,5,8-9,11H2,1H3/b16-10-/t14-,15-/m1/s1. The minimum Gasteiger partial charge on any atom is -0.376 e. The van der Waals surface area contributed by atoms with E-state index in [1.54, 1.807) is 17.9 Å². The number of nitrogens with zero attached hydrogens (tertiary/aromatic N) is 3. The predicted molar refractivity (Wildman–Crippen MR) is 109 cm³/mol. The van der Waals surface area contributed by atoms with Crippen molar-refractivity contribution in [2.24, 2.45) is 11.0 Å². The van der Waals surface area contributed by atoms with E-state index >= 15 is 0 Å². The van der Waals surface area contributed by atoms with Crippen LogP contribution in [0.2, 0.25) is 0 Å². The molecule has 6 nitrogen and oxygen atoms in total. The summed E-state index contributed by atoms with van der Waals surface area (Å²) in [7, 11) is 0. The van der Waals surface area contributed by atoms with Crippen molar-refractivity contribution in [2.75, 3.05) is 18.2 Å². The first kappa shape index (κ1) is 18.3. The first-order chi connectivity index (χ1) is 13.0. The Kier molecular flexibility index (Phi) is 5.12. The van der Waals surface area contributed by atoms with Crippen LogP contribution in [0, 0.1) is 5.92 Å². The Morgan fingerprint density at radius 1 is 1.33 bits per heavy atom. The van der Waals surface area contributed by atoms with Crippen LogP contribution in [0.25, 0.3) is 0 Å². The summed E-state index contributed by atoms with van der Waals surface area (Å²) in [4.78, 5) is 27.7. The number of thiocarbonyl (C=S) groups is 1. The Labute approximate surface area is 167 Å². The number of anilines is 1. The summed E-state index contributed by atoms with van der Waals surface area (Å²) in [6.07, 6.45) is 3.68. The van der Waals surface area contributed by atoms with Gasteiger partial charge in [0.05, 0.1) is 34.9 Å². The molecule has 2 saturated heterocycles. The molecule has 0 aromatic heterocycles. The number of rotatable bonds is 4. The molecule has 3 aliphatic rings. The van der Waals surface area contributed by atoms with Gasteiger partial charge in [0.2, 0.25) is 0 Å². The number of ether oxygens (including phenoxy) is 1. The highest BCUT2D eigenvalue weighted by atomic mass is 32.2. The first-order valence-electron chi connectivity index (χ1n) is 8.86. The summed E-state index contributed by atoms with van der Waals surface area (Å²) in [6, 6.07) is 9.27. The van der Waals surface area contributed by atoms with Crippen LogP contribution >= 0.6 is 24.0 Å². The molecule has 0 saturated carbocycles. The van der Waals surface area contributed by atoms with Crippen molar-refractivity contribution in [3.63, 3.8) is 0 Å². The lowest BCUT2D eigenvalue weighted by atomic mass is 10.0. The maximum Gasteiger partial charge on any atom is 0.265 e. The van der Waals surface area contributed by atoms with Gasteiger partial charge in [-0.2, -0.15) is 10.1 Å². The maximum atomic E-state index is 12.8. The molecule has 0 bridgehead atoms. The van der Waals surface area contributed by atoms with Gasteiger partial charge in [-0.15, -0.1) is 0 Å². The molecule has 27 heavy (non-hydrogen) atoms. The van der Waals surface area contributed by atoms with Crippen LogP contribution < -0.4 is 5.01 Å². The summed E-state index contributed by atoms with van der Waals surface area (Å²) < 4.78 is 6.13. The van der Waals surface area contributed by atoms with Crippen molar-refractivity contribution in [3.8, 4) is 0 Å². The summed E-state index contributed by atoms with van der Waals surface area (Å²) in [5.41, 5.74) is 1.37. The molecule has 8 heteroatoms. The van der Waals surface area contributed by atoms with Crippen LogP contribution in [0.5, 0.6) is 0 Å². The molecular formula is C19H19N3O3S2. The second-order valence-corrected chi connectivity index (χ2v) is 8.33. The number of para-hydroxylation sites is 1. The largest absolute Gasteiger partial charge is 0.376 e. The van der Waals surface area contributed by atoms with Crippen molar-refractivity contribution >= 4 is 51.5 Å². The molecule has 2 fully saturated rings. The van der Waals surface area contributed by atoms with Crippen LogP contribution in [0.1, 0.15) is 19.8 Å². The fourth-order valence-corrected chi connectivity index (χ4v) is 4.62. The highest BCUT2D eigenvalue weighted by Crippen LogP contribution is 2.34. The number of benzene rings is 1. The maximum absolute atomic E-state index is 12.8. The number of hydrazone groups is 1.